The normalized spacial score (nSPS) is 14.7. The number of aryl methyl sites for hydroxylation is 1. The first-order valence-corrected chi connectivity index (χ1v) is 15.2. The SMILES string of the molecule is COc1ccc(N(CCCC(=O)N(Cc2cccc(C)c2)[C@@H](C)C(=O)NC2CCCC2)S(C)(=O)=O)cc1Cl. The molecule has 8 nitrogen and oxygen atoms in total. The zero-order valence-electron chi connectivity index (χ0n) is 22.6. The molecule has 10 heteroatoms. The van der Waals surface area contributed by atoms with Crippen molar-refractivity contribution < 1.29 is 22.7 Å². The second-order valence-electron chi connectivity index (χ2n) is 9.93. The Kier molecular flexibility index (Phi) is 10.4. The third-order valence-electron chi connectivity index (χ3n) is 6.88. The second-order valence-corrected chi connectivity index (χ2v) is 12.2. The molecular formula is C28H38ClN3O5S. The molecule has 3 rings (SSSR count). The Morgan fingerprint density at radius 3 is 2.47 bits per heavy atom. The fraction of sp³-hybridized carbons (Fsp3) is 0.500. The summed E-state index contributed by atoms with van der Waals surface area (Å²) < 4.78 is 31.5. The number of amides is 2. The van der Waals surface area contributed by atoms with E-state index in [4.69, 9.17) is 16.3 Å². The van der Waals surface area contributed by atoms with E-state index in [0.29, 0.717) is 23.0 Å². The summed E-state index contributed by atoms with van der Waals surface area (Å²) in [5.74, 6) is 0.0704. The summed E-state index contributed by atoms with van der Waals surface area (Å²) in [6.07, 6.45) is 5.59. The Labute approximate surface area is 231 Å². The first-order chi connectivity index (χ1) is 18.0. The maximum atomic E-state index is 13.5. The third kappa shape index (κ3) is 8.11. The van der Waals surface area contributed by atoms with Crippen molar-refractivity contribution >= 4 is 39.1 Å². The number of hydrogen-bond donors (Lipinski definition) is 1. The Balaban J connectivity index is 1.73. The highest BCUT2D eigenvalue weighted by Crippen LogP contribution is 2.30. The van der Waals surface area contributed by atoms with E-state index in [1.54, 1.807) is 24.0 Å². The van der Waals surface area contributed by atoms with Crippen molar-refractivity contribution in [1.82, 2.24) is 10.2 Å². The van der Waals surface area contributed by atoms with Gasteiger partial charge in [0.2, 0.25) is 21.8 Å². The number of methoxy groups -OCH3 is 1. The molecule has 208 valence electrons. The molecule has 0 aromatic heterocycles. The van der Waals surface area contributed by atoms with Crippen molar-refractivity contribution in [1.29, 1.82) is 0 Å². The maximum Gasteiger partial charge on any atom is 0.242 e. The molecule has 1 aliphatic carbocycles. The average molecular weight is 564 g/mol. The number of sulfonamides is 1. The van der Waals surface area contributed by atoms with Crippen LogP contribution in [0.5, 0.6) is 5.75 Å². The number of rotatable bonds is 12. The Hall–Kier alpha value is -2.78. The minimum atomic E-state index is -3.62. The van der Waals surface area contributed by atoms with Crippen LogP contribution in [0.4, 0.5) is 5.69 Å². The first kappa shape index (κ1) is 29.8. The third-order valence-corrected chi connectivity index (χ3v) is 8.37. The molecule has 0 saturated heterocycles. The lowest BCUT2D eigenvalue weighted by molar-refractivity contribution is -0.141. The molecule has 1 atom stereocenters. The van der Waals surface area contributed by atoms with Crippen molar-refractivity contribution in [3.05, 3.63) is 58.6 Å². The Morgan fingerprint density at radius 1 is 1.16 bits per heavy atom. The van der Waals surface area contributed by atoms with Gasteiger partial charge in [0, 0.05) is 25.6 Å². The van der Waals surface area contributed by atoms with Crippen LogP contribution in [-0.2, 0) is 26.2 Å². The first-order valence-electron chi connectivity index (χ1n) is 13.0. The number of nitrogens with zero attached hydrogens (tertiary/aromatic N) is 2. The molecule has 38 heavy (non-hydrogen) atoms. The molecule has 2 aromatic rings. The molecule has 0 bridgehead atoms. The van der Waals surface area contributed by atoms with Gasteiger partial charge in [-0.1, -0.05) is 54.3 Å². The summed E-state index contributed by atoms with van der Waals surface area (Å²) in [5.41, 5.74) is 2.40. The molecular weight excluding hydrogens is 526 g/mol. The molecule has 1 fully saturated rings. The van der Waals surface area contributed by atoms with Gasteiger partial charge in [-0.3, -0.25) is 13.9 Å². The van der Waals surface area contributed by atoms with Crippen LogP contribution >= 0.6 is 11.6 Å². The fourth-order valence-corrected chi connectivity index (χ4v) is 6.01. The summed E-state index contributed by atoms with van der Waals surface area (Å²) in [5, 5.41) is 3.39. The van der Waals surface area contributed by atoms with E-state index in [2.05, 4.69) is 5.32 Å². The number of halogens is 1. The lowest BCUT2D eigenvalue weighted by Gasteiger charge is -2.30. The molecule has 1 N–H and O–H groups in total. The van der Waals surface area contributed by atoms with Gasteiger partial charge in [-0.2, -0.15) is 0 Å². The largest absolute Gasteiger partial charge is 0.495 e. The van der Waals surface area contributed by atoms with Gasteiger partial charge >= 0.3 is 0 Å². The molecule has 0 heterocycles. The monoisotopic (exact) mass is 563 g/mol. The van der Waals surface area contributed by atoms with Crippen molar-refractivity contribution in [3.8, 4) is 5.75 Å². The van der Waals surface area contributed by atoms with Gasteiger partial charge in [0.25, 0.3) is 0 Å². The van der Waals surface area contributed by atoms with Crippen LogP contribution in [0, 0.1) is 6.92 Å². The highest BCUT2D eigenvalue weighted by Gasteiger charge is 2.29. The summed E-state index contributed by atoms with van der Waals surface area (Å²) in [7, 11) is -2.14. The lowest BCUT2D eigenvalue weighted by Crippen LogP contribution is -2.49. The highest BCUT2D eigenvalue weighted by atomic mass is 35.5. The molecule has 0 spiro atoms. The van der Waals surface area contributed by atoms with E-state index >= 15 is 0 Å². The summed E-state index contributed by atoms with van der Waals surface area (Å²) >= 11 is 6.22. The quantitative estimate of drug-likeness (QED) is 0.404. The Bertz CT molecular complexity index is 1230. The van der Waals surface area contributed by atoms with E-state index in [1.165, 1.54) is 17.5 Å². The van der Waals surface area contributed by atoms with Crippen molar-refractivity contribution in [3.63, 3.8) is 0 Å². The van der Waals surface area contributed by atoms with Gasteiger partial charge in [0.15, 0.2) is 0 Å². The van der Waals surface area contributed by atoms with E-state index in [9.17, 15) is 18.0 Å². The molecule has 0 aliphatic heterocycles. The number of hydrogen-bond acceptors (Lipinski definition) is 5. The zero-order valence-corrected chi connectivity index (χ0v) is 24.1. The number of benzene rings is 2. The van der Waals surface area contributed by atoms with Crippen LogP contribution in [0.25, 0.3) is 0 Å². The fourth-order valence-electron chi connectivity index (χ4n) is 4.80. The number of nitrogens with one attached hydrogen (secondary N) is 1. The topological polar surface area (TPSA) is 96.0 Å². The zero-order chi connectivity index (χ0) is 27.9. The molecule has 1 aliphatic rings. The minimum Gasteiger partial charge on any atom is -0.495 e. The molecule has 2 amide bonds. The van der Waals surface area contributed by atoms with Gasteiger partial charge in [0.1, 0.15) is 11.8 Å². The molecule has 0 radical (unpaired) electrons. The summed E-state index contributed by atoms with van der Waals surface area (Å²) in [6, 6.07) is 12.1. The van der Waals surface area contributed by atoms with Crippen LogP contribution in [-0.4, -0.2) is 57.1 Å². The predicted molar refractivity (Wildman–Crippen MR) is 151 cm³/mol. The van der Waals surface area contributed by atoms with E-state index in [0.717, 1.165) is 43.1 Å². The Morgan fingerprint density at radius 2 is 1.87 bits per heavy atom. The van der Waals surface area contributed by atoms with E-state index in [1.807, 2.05) is 31.2 Å². The van der Waals surface area contributed by atoms with Gasteiger partial charge in [-0.15, -0.1) is 0 Å². The highest BCUT2D eigenvalue weighted by molar-refractivity contribution is 7.92. The van der Waals surface area contributed by atoms with Crippen LogP contribution in [0.1, 0.15) is 56.6 Å². The number of anilines is 1. The maximum absolute atomic E-state index is 13.5. The van der Waals surface area contributed by atoms with Crippen LogP contribution in [0.3, 0.4) is 0 Å². The molecule has 2 aromatic carbocycles. The van der Waals surface area contributed by atoms with Gasteiger partial charge in [-0.25, -0.2) is 8.42 Å². The molecule has 1 saturated carbocycles. The average Bonchev–Trinajstić information content (AvgIpc) is 3.37. The number of carbonyl (C=O) groups is 2. The predicted octanol–water partition coefficient (Wildman–Crippen LogP) is 4.68. The van der Waals surface area contributed by atoms with Crippen molar-refractivity contribution in [2.45, 2.75) is 71.0 Å². The lowest BCUT2D eigenvalue weighted by atomic mass is 10.1. The minimum absolute atomic E-state index is 0.0861. The van der Waals surface area contributed by atoms with Crippen molar-refractivity contribution in [2.24, 2.45) is 0 Å². The second kappa shape index (κ2) is 13.3. The summed E-state index contributed by atoms with van der Waals surface area (Å²) in [4.78, 5) is 28.1. The molecule has 0 unspecified atom stereocenters. The van der Waals surface area contributed by atoms with Crippen molar-refractivity contribution in [2.75, 3.05) is 24.2 Å². The van der Waals surface area contributed by atoms with Gasteiger partial charge in [-0.05, 0) is 56.9 Å². The number of carbonyl (C=O) groups excluding carboxylic acids is 2. The van der Waals surface area contributed by atoms with E-state index < -0.39 is 16.1 Å². The standard InChI is InChI=1S/C28H38ClN3O5S/c1-20-9-7-10-22(17-20)19-31(21(2)28(34)30-23-11-5-6-12-23)27(33)13-8-16-32(38(4,35)36)24-14-15-26(37-3)25(29)18-24/h7,9-10,14-15,17-18,21,23H,5-6,8,11-13,16,19H2,1-4H3,(H,30,34)/t21-/m0/s1. The van der Waals surface area contributed by atoms with Crippen LogP contribution in [0.15, 0.2) is 42.5 Å². The van der Waals surface area contributed by atoms with Gasteiger partial charge in [0.05, 0.1) is 24.1 Å². The summed E-state index contributed by atoms with van der Waals surface area (Å²) in [6.45, 7) is 4.12. The van der Waals surface area contributed by atoms with Crippen LogP contribution in [0.2, 0.25) is 5.02 Å². The van der Waals surface area contributed by atoms with Crippen LogP contribution < -0.4 is 14.4 Å². The smallest absolute Gasteiger partial charge is 0.242 e. The number of ether oxygens (including phenoxy) is 1. The van der Waals surface area contributed by atoms with E-state index in [-0.39, 0.29) is 37.2 Å². The van der Waals surface area contributed by atoms with Gasteiger partial charge < -0.3 is 15.0 Å².